The number of anilines is 1. The van der Waals surface area contributed by atoms with Crippen LogP contribution in [0.1, 0.15) is 39.5 Å². The van der Waals surface area contributed by atoms with Gasteiger partial charge in [-0.2, -0.15) is 4.31 Å². The number of nitrogens with zero attached hydrogens (tertiary/aromatic N) is 1. The van der Waals surface area contributed by atoms with Gasteiger partial charge < -0.3 is 5.32 Å². The highest BCUT2D eigenvalue weighted by molar-refractivity contribution is 7.89. The van der Waals surface area contributed by atoms with Crippen LogP contribution in [-0.4, -0.2) is 25.2 Å². The first-order valence-corrected chi connectivity index (χ1v) is 11.9. The molecule has 31 heavy (non-hydrogen) atoms. The van der Waals surface area contributed by atoms with Gasteiger partial charge in [0.05, 0.1) is 4.90 Å². The molecule has 0 saturated carbocycles. The van der Waals surface area contributed by atoms with E-state index in [2.05, 4.69) is 12.2 Å². The van der Waals surface area contributed by atoms with E-state index in [0.717, 1.165) is 23.1 Å². The van der Waals surface area contributed by atoms with E-state index < -0.39 is 10.0 Å². The fourth-order valence-corrected chi connectivity index (χ4v) is 5.19. The number of carbonyl (C=O) groups excluding carboxylic acids is 1. The van der Waals surface area contributed by atoms with Crippen LogP contribution in [0.4, 0.5) is 5.69 Å². The molecule has 3 aromatic rings. The lowest BCUT2D eigenvalue weighted by Crippen LogP contribution is -2.36. The van der Waals surface area contributed by atoms with Crippen molar-refractivity contribution in [1.29, 1.82) is 0 Å². The van der Waals surface area contributed by atoms with E-state index in [9.17, 15) is 13.2 Å². The summed E-state index contributed by atoms with van der Waals surface area (Å²) in [6.45, 7) is 4.74. The largest absolute Gasteiger partial charge is 0.322 e. The highest BCUT2D eigenvalue weighted by Gasteiger charge is 2.28. The number of benzene rings is 3. The summed E-state index contributed by atoms with van der Waals surface area (Å²) in [4.78, 5) is 12.9. The average Bonchev–Trinajstić information content (AvgIpc) is 2.79. The highest BCUT2D eigenvalue weighted by Crippen LogP contribution is 2.27. The molecule has 5 nitrogen and oxygen atoms in total. The minimum atomic E-state index is -3.56. The predicted octanol–water partition coefficient (Wildman–Crippen LogP) is 4.56. The van der Waals surface area contributed by atoms with Crippen molar-refractivity contribution in [1.82, 2.24) is 4.31 Å². The normalized spacial score (nSPS) is 14.1. The first-order chi connectivity index (χ1) is 14.9. The fourth-order valence-electron chi connectivity index (χ4n) is 3.77. The second-order valence-electron chi connectivity index (χ2n) is 7.89. The zero-order valence-electron chi connectivity index (χ0n) is 17.8. The third-order valence-electron chi connectivity index (χ3n) is 5.72. The van der Waals surface area contributed by atoms with Crippen LogP contribution in [0, 0.1) is 6.92 Å². The number of hydrogen-bond acceptors (Lipinski definition) is 3. The lowest BCUT2D eigenvalue weighted by atomic mass is 10.0. The molecule has 0 atom stereocenters. The van der Waals surface area contributed by atoms with Gasteiger partial charge in [0.2, 0.25) is 10.0 Å². The van der Waals surface area contributed by atoms with Gasteiger partial charge in [0.15, 0.2) is 0 Å². The van der Waals surface area contributed by atoms with E-state index in [1.807, 2.05) is 61.5 Å². The first-order valence-electron chi connectivity index (χ1n) is 10.5. The van der Waals surface area contributed by atoms with Gasteiger partial charge in [-0.25, -0.2) is 8.42 Å². The average molecular weight is 435 g/mol. The molecule has 0 unspecified atom stereocenters. The summed E-state index contributed by atoms with van der Waals surface area (Å²) in [7, 11) is -3.56. The second-order valence-corrected chi connectivity index (χ2v) is 9.83. The number of fused-ring (bicyclic) bond motifs is 1. The summed E-state index contributed by atoms with van der Waals surface area (Å²) < 4.78 is 27.6. The summed E-state index contributed by atoms with van der Waals surface area (Å²) in [6, 6.07) is 20.2. The molecule has 3 aromatic carbocycles. The molecule has 0 radical (unpaired) electrons. The Morgan fingerprint density at radius 2 is 1.68 bits per heavy atom. The molecule has 160 valence electrons. The molecule has 1 aliphatic rings. The monoisotopic (exact) mass is 434 g/mol. The van der Waals surface area contributed by atoms with Gasteiger partial charge in [-0.05, 0) is 72.9 Å². The summed E-state index contributed by atoms with van der Waals surface area (Å²) in [5.74, 6) is -0.178. The van der Waals surface area contributed by atoms with Crippen molar-refractivity contribution in [2.24, 2.45) is 0 Å². The van der Waals surface area contributed by atoms with Gasteiger partial charge in [0, 0.05) is 24.3 Å². The SMILES string of the molecule is CCc1ccc(C(=O)Nc2ccc3c(c2)CN(S(=O)(=O)c2ccc(C)cc2)CC3)cc1. The van der Waals surface area contributed by atoms with Crippen LogP contribution >= 0.6 is 0 Å². The molecular weight excluding hydrogens is 408 g/mol. The number of rotatable bonds is 5. The topological polar surface area (TPSA) is 66.5 Å². The van der Waals surface area contributed by atoms with Crippen molar-refractivity contribution >= 4 is 21.6 Å². The summed E-state index contributed by atoms with van der Waals surface area (Å²) in [6.07, 6.45) is 1.57. The number of nitrogens with one attached hydrogen (secondary N) is 1. The lowest BCUT2D eigenvalue weighted by molar-refractivity contribution is 0.102. The summed E-state index contributed by atoms with van der Waals surface area (Å²) >= 11 is 0. The van der Waals surface area contributed by atoms with Crippen molar-refractivity contribution < 1.29 is 13.2 Å². The second kappa shape index (κ2) is 8.65. The maximum absolute atomic E-state index is 13.1. The quantitative estimate of drug-likeness (QED) is 0.640. The Hall–Kier alpha value is -2.96. The van der Waals surface area contributed by atoms with E-state index in [4.69, 9.17) is 0 Å². The highest BCUT2D eigenvalue weighted by atomic mass is 32.2. The van der Waals surface area contributed by atoms with E-state index in [0.29, 0.717) is 35.7 Å². The number of aryl methyl sites for hydroxylation is 2. The molecule has 0 bridgehead atoms. The maximum Gasteiger partial charge on any atom is 0.255 e. The lowest BCUT2D eigenvalue weighted by Gasteiger charge is -2.28. The van der Waals surface area contributed by atoms with Crippen molar-refractivity contribution in [3.63, 3.8) is 0 Å². The Balaban J connectivity index is 1.52. The van der Waals surface area contributed by atoms with Gasteiger partial charge in [-0.15, -0.1) is 0 Å². The number of carbonyl (C=O) groups is 1. The van der Waals surface area contributed by atoms with Gasteiger partial charge in [-0.3, -0.25) is 4.79 Å². The Morgan fingerprint density at radius 3 is 2.35 bits per heavy atom. The molecular formula is C25H26N2O3S. The minimum Gasteiger partial charge on any atom is -0.322 e. The number of amides is 1. The van der Waals surface area contributed by atoms with Gasteiger partial charge in [-0.1, -0.05) is 42.8 Å². The zero-order valence-corrected chi connectivity index (χ0v) is 18.6. The molecule has 0 spiro atoms. The van der Waals surface area contributed by atoms with E-state index in [-0.39, 0.29) is 5.91 Å². The third kappa shape index (κ3) is 4.55. The minimum absolute atomic E-state index is 0.178. The number of sulfonamides is 1. The van der Waals surface area contributed by atoms with Crippen molar-refractivity contribution in [2.45, 2.75) is 38.1 Å². The Morgan fingerprint density at radius 1 is 0.968 bits per heavy atom. The Kier molecular flexibility index (Phi) is 5.94. The molecule has 0 fully saturated rings. The molecule has 0 aliphatic carbocycles. The maximum atomic E-state index is 13.1. The Bertz CT molecular complexity index is 1200. The van der Waals surface area contributed by atoms with Crippen LogP contribution in [-0.2, 0) is 29.4 Å². The van der Waals surface area contributed by atoms with E-state index >= 15 is 0 Å². The summed E-state index contributed by atoms with van der Waals surface area (Å²) in [5, 5.41) is 2.93. The van der Waals surface area contributed by atoms with Crippen LogP contribution in [0.2, 0.25) is 0 Å². The van der Waals surface area contributed by atoms with Crippen LogP contribution in [0.3, 0.4) is 0 Å². The van der Waals surface area contributed by atoms with E-state index in [1.165, 1.54) is 9.87 Å². The van der Waals surface area contributed by atoms with E-state index in [1.54, 1.807) is 12.1 Å². The molecule has 1 aliphatic heterocycles. The molecule has 1 N–H and O–H groups in total. The smallest absolute Gasteiger partial charge is 0.255 e. The fraction of sp³-hybridized carbons (Fsp3) is 0.240. The van der Waals surface area contributed by atoms with Crippen LogP contribution in [0.15, 0.2) is 71.6 Å². The van der Waals surface area contributed by atoms with Crippen molar-refractivity contribution in [3.05, 3.63) is 94.5 Å². The molecule has 0 saturated heterocycles. The van der Waals surface area contributed by atoms with Crippen LogP contribution in [0.5, 0.6) is 0 Å². The van der Waals surface area contributed by atoms with Gasteiger partial charge in [0.25, 0.3) is 5.91 Å². The van der Waals surface area contributed by atoms with Crippen LogP contribution < -0.4 is 5.32 Å². The molecule has 4 rings (SSSR count). The predicted molar refractivity (Wildman–Crippen MR) is 123 cm³/mol. The van der Waals surface area contributed by atoms with Crippen molar-refractivity contribution in [2.75, 3.05) is 11.9 Å². The standard InChI is InChI=1S/C25H26N2O3S/c1-3-19-6-8-21(9-7-19)25(28)26-23-11-10-20-14-15-27(17-22(20)16-23)31(29,30)24-12-4-18(2)5-13-24/h4-13,16H,3,14-15,17H2,1-2H3,(H,26,28). The molecule has 1 amide bonds. The van der Waals surface area contributed by atoms with Gasteiger partial charge in [0.1, 0.15) is 0 Å². The molecule has 1 heterocycles. The van der Waals surface area contributed by atoms with Crippen LogP contribution in [0.25, 0.3) is 0 Å². The van der Waals surface area contributed by atoms with Gasteiger partial charge >= 0.3 is 0 Å². The third-order valence-corrected chi connectivity index (χ3v) is 7.58. The zero-order chi connectivity index (χ0) is 22.0. The Labute approximate surface area is 183 Å². The molecule has 6 heteroatoms. The van der Waals surface area contributed by atoms with Crippen molar-refractivity contribution in [3.8, 4) is 0 Å². The molecule has 0 aromatic heterocycles. The summed E-state index contributed by atoms with van der Waals surface area (Å²) in [5.41, 5.74) is 5.49. The first kappa shape index (κ1) is 21.3. The number of hydrogen-bond donors (Lipinski definition) is 1.